The Hall–Kier alpha value is -2.29. The lowest BCUT2D eigenvalue weighted by Crippen LogP contribution is -2.47. The quantitative estimate of drug-likeness (QED) is 0.317. The Morgan fingerprint density at radius 3 is 2.57 bits per heavy atom. The van der Waals surface area contributed by atoms with Gasteiger partial charge in [0.05, 0.1) is 12.3 Å². The van der Waals surface area contributed by atoms with Crippen LogP contribution in [-0.2, 0) is 31.7 Å². The van der Waals surface area contributed by atoms with E-state index in [9.17, 15) is 4.79 Å². The van der Waals surface area contributed by atoms with E-state index in [1.807, 2.05) is 37.3 Å². The standard InChI is InChI=1S/C27H40N2O5Si/c1-7-32-26(30)24(34-35(5,6)27(2,3)4)18-21-10-8-9-11-23(21)33-19-22-12-15-28-25(29-22)20-13-16-31-17-14-20/h8-12,15,20,24H,7,13-14,16-19H2,1-6H3/t24-/m0/s1. The van der Waals surface area contributed by atoms with Crippen LogP contribution in [0.2, 0.25) is 18.1 Å². The molecular weight excluding hydrogens is 460 g/mol. The molecule has 192 valence electrons. The van der Waals surface area contributed by atoms with E-state index >= 15 is 0 Å². The van der Waals surface area contributed by atoms with Gasteiger partial charge in [0.25, 0.3) is 0 Å². The highest BCUT2D eigenvalue weighted by Gasteiger charge is 2.41. The SMILES string of the molecule is CCOC(=O)[C@H](Cc1ccccc1OCc1ccnc(C2CCOCC2)n1)O[Si](C)(C)C(C)(C)C. The van der Waals surface area contributed by atoms with Gasteiger partial charge in [-0.15, -0.1) is 0 Å². The fraction of sp³-hybridized carbons (Fsp3) is 0.593. The molecule has 0 N–H and O–H groups in total. The fourth-order valence-electron chi connectivity index (χ4n) is 3.75. The van der Waals surface area contributed by atoms with Crippen LogP contribution in [0.4, 0.5) is 0 Å². The highest BCUT2D eigenvalue weighted by Crippen LogP contribution is 2.38. The summed E-state index contributed by atoms with van der Waals surface area (Å²) in [5, 5.41) is -0.0249. The minimum Gasteiger partial charge on any atom is -0.487 e. The van der Waals surface area contributed by atoms with Gasteiger partial charge < -0.3 is 18.6 Å². The monoisotopic (exact) mass is 500 g/mol. The second kappa shape index (κ2) is 12.1. The van der Waals surface area contributed by atoms with E-state index < -0.39 is 14.4 Å². The van der Waals surface area contributed by atoms with E-state index in [-0.39, 0.29) is 11.0 Å². The molecule has 1 aromatic carbocycles. The highest BCUT2D eigenvalue weighted by atomic mass is 28.4. The summed E-state index contributed by atoms with van der Waals surface area (Å²) in [6, 6.07) is 9.66. The lowest BCUT2D eigenvalue weighted by Gasteiger charge is -2.38. The zero-order chi connectivity index (χ0) is 25.5. The first kappa shape index (κ1) is 27.3. The third kappa shape index (κ3) is 7.59. The molecule has 0 bridgehead atoms. The summed E-state index contributed by atoms with van der Waals surface area (Å²) in [5.74, 6) is 1.57. The number of carbonyl (C=O) groups excluding carboxylic acids is 1. The van der Waals surface area contributed by atoms with E-state index in [0.29, 0.717) is 31.3 Å². The maximum Gasteiger partial charge on any atom is 0.334 e. The number of para-hydroxylation sites is 1. The molecule has 0 unspecified atom stereocenters. The van der Waals surface area contributed by atoms with E-state index in [4.69, 9.17) is 23.6 Å². The van der Waals surface area contributed by atoms with Crippen molar-refractivity contribution >= 4 is 14.3 Å². The van der Waals surface area contributed by atoms with E-state index in [1.54, 1.807) is 6.20 Å². The van der Waals surface area contributed by atoms with Gasteiger partial charge in [0.2, 0.25) is 0 Å². The first-order valence-electron chi connectivity index (χ1n) is 12.6. The zero-order valence-electron chi connectivity index (χ0n) is 22.0. The van der Waals surface area contributed by atoms with Crippen LogP contribution in [0.3, 0.4) is 0 Å². The second-order valence-electron chi connectivity index (χ2n) is 10.5. The second-order valence-corrected chi connectivity index (χ2v) is 15.3. The first-order valence-corrected chi connectivity index (χ1v) is 15.5. The van der Waals surface area contributed by atoms with E-state index in [0.717, 1.165) is 43.1 Å². The van der Waals surface area contributed by atoms with Crippen LogP contribution in [0.15, 0.2) is 36.5 Å². The molecule has 2 aromatic rings. The lowest BCUT2D eigenvalue weighted by atomic mass is 9.99. The van der Waals surface area contributed by atoms with Crippen LogP contribution in [-0.4, -0.2) is 50.2 Å². The predicted octanol–water partition coefficient (Wildman–Crippen LogP) is 5.45. The van der Waals surface area contributed by atoms with Crippen molar-refractivity contribution < 1.29 is 23.4 Å². The molecule has 0 spiro atoms. The zero-order valence-corrected chi connectivity index (χ0v) is 23.0. The molecule has 1 fully saturated rings. The Morgan fingerprint density at radius 2 is 1.89 bits per heavy atom. The van der Waals surface area contributed by atoms with E-state index in [1.165, 1.54) is 0 Å². The van der Waals surface area contributed by atoms with Gasteiger partial charge in [-0.2, -0.15) is 0 Å². The molecule has 0 aliphatic carbocycles. The number of benzene rings is 1. The summed E-state index contributed by atoms with van der Waals surface area (Å²) in [5.41, 5.74) is 1.73. The van der Waals surface area contributed by atoms with Crippen LogP contribution in [0.1, 0.15) is 63.5 Å². The minimum atomic E-state index is -2.19. The number of esters is 1. The molecule has 0 saturated carbocycles. The summed E-state index contributed by atoms with van der Waals surface area (Å²) in [4.78, 5) is 22.1. The summed E-state index contributed by atoms with van der Waals surface area (Å²) in [6.45, 7) is 14.7. The molecule has 7 nitrogen and oxygen atoms in total. The van der Waals surface area contributed by atoms with Gasteiger partial charge in [-0.1, -0.05) is 39.0 Å². The largest absolute Gasteiger partial charge is 0.487 e. The van der Waals surface area contributed by atoms with Gasteiger partial charge >= 0.3 is 5.97 Å². The van der Waals surface area contributed by atoms with Gasteiger partial charge in [-0.3, -0.25) is 0 Å². The fourth-order valence-corrected chi connectivity index (χ4v) is 5.00. The van der Waals surface area contributed by atoms with Gasteiger partial charge in [0.1, 0.15) is 24.3 Å². The van der Waals surface area contributed by atoms with Crippen molar-refractivity contribution in [3.8, 4) is 5.75 Å². The van der Waals surface area contributed by atoms with Crippen LogP contribution < -0.4 is 4.74 Å². The molecule has 8 heteroatoms. The maximum absolute atomic E-state index is 12.8. The summed E-state index contributed by atoms with van der Waals surface area (Å²) in [7, 11) is -2.19. The van der Waals surface area contributed by atoms with Gasteiger partial charge in [0.15, 0.2) is 8.32 Å². The number of hydrogen-bond acceptors (Lipinski definition) is 7. The normalized spacial score (nSPS) is 16.1. The Labute approximate surface area is 210 Å². The summed E-state index contributed by atoms with van der Waals surface area (Å²) >= 11 is 0. The van der Waals surface area contributed by atoms with Crippen molar-refractivity contribution in [1.29, 1.82) is 0 Å². The van der Waals surface area contributed by atoms with Crippen molar-refractivity contribution in [2.45, 2.75) is 83.7 Å². The van der Waals surface area contributed by atoms with Crippen molar-refractivity contribution in [2.75, 3.05) is 19.8 Å². The van der Waals surface area contributed by atoms with E-state index in [2.05, 4.69) is 38.8 Å². The molecule has 1 atom stereocenters. The Bertz CT molecular complexity index is 970. The van der Waals surface area contributed by atoms with Crippen LogP contribution in [0.25, 0.3) is 0 Å². The number of hydrogen-bond donors (Lipinski definition) is 0. The Morgan fingerprint density at radius 1 is 1.17 bits per heavy atom. The number of aromatic nitrogens is 2. The van der Waals surface area contributed by atoms with Crippen LogP contribution >= 0.6 is 0 Å². The molecular formula is C27H40N2O5Si. The number of carbonyl (C=O) groups is 1. The Kier molecular flexibility index (Phi) is 9.44. The van der Waals surface area contributed by atoms with Crippen molar-refractivity contribution in [3.05, 3.63) is 53.6 Å². The average molecular weight is 501 g/mol. The molecule has 1 aromatic heterocycles. The molecule has 0 radical (unpaired) electrons. The summed E-state index contributed by atoms with van der Waals surface area (Å²) < 4.78 is 23.5. The highest BCUT2D eigenvalue weighted by molar-refractivity contribution is 6.74. The minimum absolute atomic E-state index is 0.0249. The topological polar surface area (TPSA) is 79.8 Å². The van der Waals surface area contributed by atoms with Crippen molar-refractivity contribution in [2.24, 2.45) is 0 Å². The predicted molar refractivity (Wildman–Crippen MR) is 138 cm³/mol. The van der Waals surface area contributed by atoms with Gasteiger partial charge in [0, 0.05) is 31.7 Å². The smallest absolute Gasteiger partial charge is 0.334 e. The van der Waals surface area contributed by atoms with Gasteiger partial charge in [-0.25, -0.2) is 14.8 Å². The molecule has 1 aliphatic rings. The maximum atomic E-state index is 12.8. The van der Waals surface area contributed by atoms with Crippen LogP contribution in [0.5, 0.6) is 5.75 Å². The van der Waals surface area contributed by atoms with Gasteiger partial charge in [-0.05, 0) is 55.6 Å². The third-order valence-electron chi connectivity index (χ3n) is 6.86. The first-order chi connectivity index (χ1) is 16.6. The Balaban J connectivity index is 1.74. The molecule has 35 heavy (non-hydrogen) atoms. The third-order valence-corrected chi connectivity index (χ3v) is 11.4. The number of rotatable bonds is 10. The van der Waals surface area contributed by atoms with Crippen molar-refractivity contribution in [1.82, 2.24) is 9.97 Å². The molecule has 2 heterocycles. The number of nitrogens with zero attached hydrogens (tertiary/aromatic N) is 2. The molecule has 0 amide bonds. The van der Waals surface area contributed by atoms with Crippen molar-refractivity contribution in [3.63, 3.8) is 0 Å². The summed E-state index contributed by atoms with van der Waals surface area (Å²) in [6.07, 6.45) is 3.39. The lowest BCUT2D eigenvalue weighted by molar-refractivity contribution is -0.152. The average Bonchev–Trinajstić information content (AvgIpc) is 2.83. The van der Waals surface area contributed by atoms with Crippen LogP contribution in [0, 0.1) is 0 Å². The molecule has 1 aliphatic heterocycles. The number of ether oxygens (including phenoxy) is 3. The molecule has 1 saturated heterocycles. The molecule has 3 rings (SSSR count).